The molecule has 17 heavy (non-hydrogen) atoms. The number of rotatable bonds is 4. The highest BCUT2D eigenvalue weighted by Gasteiger charge is 2.10. The van der Waals surface area contributed by atoms with Gasteiger partial charge in [-0.2, -0.15) is 0 Å². The van der Waals surface area contributed by atoms with E-state index in [-0.39, 0.29) is 0 Å². The molecule has 0 spiro atoms. The van der Waals surface area contributed by atoms with Gasteiger partial charge in [0.15, 0.2) is 0 Å². The molecule has 1 saturated heterocycles. The second-order valence-corrected chi connectivity index (χ2v) is 5.01. The minimum absolute atomic E-state index is 0.629. The van der Waals surface area contributed by atoms with Crippen molar-refractivity contribution in [2.75, 3.05) is 19.8 Å². The van der Waals surface area contributed by atoms with Gasteiger partial charge >= 0.3 is 0 Å². The van der Waals surface area contributed by atoms with Gasteiger partial charge in [-0.15, -0.1) is 0 Å². The molecule has 1 aliphatic rings. The summed E-state index contributed by atoms with van der Waals surface area (Å²) in [7, 11) is 0. The van der Waals surface area contributed by atoms with Crippen LogP contribution in [0.3, 0.4) is 0 Å². The van der Waals surface area contributed by atoms with Crippen LogP contribution < -0.4 is 5.32 Å². The molecule has 1 heterocycles. The summed E-state index contributed by atoms with van der Waals surface area (Å²) < 4.78 is 5.45. The first-order chi connectivity index (χ1) is 8.34. The van der Waals surface area contributed by atoms with E-state index < -0.39 is 0 Å². The normalized spacial score (nSPS) is 21.1. The zero-order chi connectivity index (χ0) is 11.9. The third-order valence-electron chi connectivity index (χ3n) is 3.21. The molecular weight excluding hydrogens is 234 g/mol. The number of nitrogens with one attached hydrogen (secondary N) is 1. The summed E-state index contributed by atoms with van der Waals surface area (Å²) >= 11 is 5.86. The molecular formula is C14H20ClNO. The van der Waals surface area contributed by atoms with Crippen LogP contribution >= 0.6 is 11.6 Å². The Hall–Kier alpha value is -0.570. The summed E-state index contributed by atoms with van der Waals surface area (Å²) in [6, 6.07) is 8.73. The molecule has 0 aromatic heterocycles. The van der Waals surface area contributed by atoms with Crippen molar-refractivity contribution in [1.82, 2.24) is 5.32 Å². The zero-order valence-electron chi connectivity index (χ0n) is 10.1. The van der Waals surface area contributed by atoms with Gasteiger partial charge < -0.3 is 10.1 Å². The van der Waals surface area contributed by atoms with E-state index in [4.69, 9.17) is 16.3 Å². The van der Waals surface area contributed by atoms with E-state index in [0.29, 0.717) is 6.04 Å². The van der Waals surface area contributed by atoms with Crippen LogP contribution in [-0.4, -0.2) is 25.8 Å². The van der Waals surface area contributed by atoms with Crippen LogP contribution in [0.4, 0.5) is 0 Å². The van der Waals surface area contributed by atoms with E-state index in [1.54, 1.807) is 0 Å². The Kier molecular flexibility index (Phi) is 5.30. The van der Waals surface area contributed by atoms with Gasteiger partial charge in [0.1, 0.15) is 0 Å². The molecule has 1 atom stereocenters. The van der Waals surface area contributed by atoms with Gasteiger partial charge in [-0.05, 0) is 49.9 Å². The van der Waals surface area contributed by atoms with Gasteiger partial charge in [0.25, 0.3) is 0 Å². The number of benzene rings is 1. The Labute approximate surface area is 108 Å². The second-order valence-electron chi connectivity index (χ2n) is 4.57. The number of ether oxygens (including phenoxy) is 1. The van der Waals surface area contributed by atoms with Gasteiger partial charge in [-0.3, -0.25) is 0 Å². The Balaban J connectivity index is 1.69. The lowest BCUT2D eigenvalue weighted by Gasteiger charge is -2.15. The molecule has 94 valence electrons. The van der Waals surface area contributed by atoms with Crippen molar-refractivity contribution in [3.05, 3.63) is 34.9 Å². The molecule has 0 bridgehead atoms. The maximum atomic E-state index is 5.86. The van der Waals surface area contributed by atoms with Gasteiger partial charge in [0.05, 0.1) is 0 Å². The minimum Gasteiger partial charge on any atom is -0.381 e. The second kappa shape index (κ2) is 7.00. The summed E-state index contributed by atoms with van der Waals surface area (Å²) in [5.74, 6) is 0. The van der Waals surface area contributed by atoms with Crippen LogP contribution in [0.25, 0.3) is 0 Å². The van der Waals surface area contributed by atoms with E-state index in [0.717, 1.165) is 37.6 Å². The van der Waals surface area contributed by atoms with Crippen molar-refractivity contribution in [2.24, 2.45) is 0 Å². The molecule has 0 aliphatic carbocycles. The summed E-state index contributed by atoms with van der Waals surface area (Å²) in [6.07, 6.45) is 4.62. The van der Waals surface area contributed by atoms with Gasteiger partial charge in [0.2, 0.25) is 0 Å². The van der Waals surface area contributed by atoms with Crippen molar-refractivity contribution in [3.63, 3.8) is 0 Å². The SMILES string of the molecule is Clc1ccc(CCNC2CCCOCC2)cc1. The maximum absolute atomic E-state index is 5.86. The van der Waals surface area contributed by atoms with Crippen molar-refractivity contribution in [3.8, 4) is 0 Å². The average Bonchev–Trinajstić information content (AvgIpc) is 2.60. The van der Waals surface area contributed by atoms with E-state index in [9.17, 15) is 0 Å². The molecule has 0 radical (unpaired) electrons. The Morgan fingerprint density at radius 2 is 2.00 bits per heavy atom. The summed E-state index contributed by atoms with van der Waals surface area (Å²) in [5, 5.41) is 4.42. The van der Waals surface area contributed by atoms with Crippen molar-refractivity contribution in [1.29, 1.82) is 0 Å². The van der Waals surface area contributed by atoms with Crippen LogP contribution in [0.2, 0.25) is 5.02 Å². The fourth-order valence-electron chi connectivity index (χ4n) is 2.18. The topological polar surface area (TPSA) is 21.3 Å². The molecule has 2 rings (SSSR count). The Bertz CT molecular complexity index is 317. The molecule has 1 fully saturated rings. The first kappa shape index (κ1) is 12.9. The third-order valence-corrected chi connectivity index (χ3v) is 3.46. The number of hydrogen-bond acceptors (Lipinski definition) is 2. The monoisotopic (exact) mass is 253 g/mol. The summed E-state index contributed by atoms with van der Waals surface area (Å²) in [4.78, 5) is 0. The first-order valence-corrected chi connectivity index (χ1v) is 6.78. The first-order valence-electron chi connectivity index (χ1n) is 6.40. The molecule has 1 N–H and O–H groups in total. The molecule has 1 aromatic rings. The minimum atomic E-state index is 0.629. The lowest BCUT2D eigenvalue weighted by Crippen LogP contribution is -2.31. The highest BCUT2D eigenvalue weighted by atomic mass is 35.5. The van der Waals surface area contributed by atoms with E-state index in [1.807, 2.05) is 12.1 Å². The molecule has 1 aliphatic heterocycles. The number of halogens is 1. The van der Waals surface area contributed by atoms with Crippen LogP contribution in [0.5, 0.6) is 0 Å². The fraction of sp³-hybridized carbons (Fsp3) is 0.571. The lowest BCUT2D eigenvalue weighted by molar-refractivity contribution is 0.142. The van der Waals surface area contributed by atoms with E-state index in [2.05, 4.69) is 17.4 Å². The van der Waals surface area contributed by atoms with Crippen LogP contribution in [-0.2, 0) is 11.2 Å². The highest BCUT2D eigenvalue weighted by Crippen LogP contribution is 2.11. The summed E-state index contributed by atoms with van der Waals surface area (Å²) in [6.45, 7) is 2.86. The molecule has 1 unspecified atom stereocenters. The van der Waals surface area contributed by atoms with Crippen LogP contribution in [0.1, 0.15) is 24.8 Å². The van der Waals surface area contributed by atoms with Crippen molar-refractivity contribution >= 4 is 11.6 Å². The largest absolute Gasteiger partial charge is 0.381 e. The van der Waals surface area contributed by atoms with Gasteiger partial charge in [-0.1, -0.05) is 23.7 Å². The Morgan fingerprint density at radius 3 is 2.82 bits per heavy atom. The summed E-state index contributed by atoms with van der Waals surface area (Å²) in [5.41, 5.74) is 1.34. The van der Waals surface area contributed by atoms with Crippen LogP contribution in [0, 0.1) is 0 Å². The predicted octanol–water partition coefficient (Wildman–Crippen LogP) is 3.04. The fourth-order valence-corrected chi connectivity index (χ4v) is 2.31. The van der Waals surface area contributed by atoms with E-state index in [1.165, 1.54) is 18.4 Å². The highest BCUT2D eigenvalue weighted by molar-refractivity contribution is 6.30. The standard InChI is InChI=1S/C14H20ClNO/c15-13-5-3-12(4-6-13)7-9-16-14-2-1-10-17-11-8-14/h3-6,14,16H,1-2,7-11H2. The third kappa shape index (κ3) is 4.66. The van der Waals surface area contributed by atoms with Crippen molar-refractivity contribution < 1.29 is 4.74 Å². The lowest BCUT2D eigenvalue weighted by atomic mass is 10.1. The number of hydrogen-bond donors (Lipinski definition) is 1. The predicted molar refractivity (Wildman–Crippen MR) is 71.6 cm³/mol. The van der Waals surface area contributed by atoms with Gasteiger partial charge in [-0.25, -0.2) is 0 Å². The molecule has 0 amide bonds. The van der Waals surface area contributed by atoms with Crippen LogP contribution in [0.15, 0.2) is 24.3 Å². The molecule has 3 heteroatoms. The maximum Gasteiger partial charge on any atom is 0.0480 e. The molecule has 1 aromatic carbocycles. The van der Waals surface area contributed by atoms with Gasteiger partial charge in [0, 0.05) is 24.3 Å². The molecule has 2 nitrogen and oxygen atoms in total. The quantitative estimate of drug-likeness (QED) is 0.891. The molecule has 0 saturated carbocycles. The van der Waals surface area contributed by atoms with E-state index >= 15 is 0 Å². The Morgan fingerprint density at radius 1 is 1.18 bits per heavy atom. The smallest absolute Gasteiger partial charge is 0.0480 e. The van der Waals surface area contributed by atoms with Crippen molar-refractivity contribution in [2.45, 2.75) is 31.7 Å². The average molecular weight is 254 g/mol. The zero-order valence-corrected chi connectivity index (χ0v) is 10.9.